The fraction of sp³-hybridized carbons (Fsp3) is 0.136. The molecule has 0 aliphatic heterocycles. The fourth-order valence-corrected chi connectivity index (χ4v) is 4.26. The van der Waals surface area contributed by atoms with Gasteiger partial charge in [-0.2, -0.15) is 0 Å². The third-order valence-electron chi connectivity index (χ3n) is 4.51. The first-order chi connectivity index (χ1) is 14.2. The average molecular weight is 446 g/mol. The van der Waals surface area contributed by atoms with Crippen molar-refractivity contribution in [2.45, 2.75) is 11.8 Å². The summed E-state index contributed by atoms with van der Waals surface area (Å²) in [6, 6.07) is 17.3. The number of halogens is 1. The first kappa shape index (κ1) is 21.7. The molecule has 156 valence electrons. The normalized spacial score (nSPS) is 11.1. The topological polar surface area (TPSA) is 72.9 Å². The van der Waals surface area contributed by atoms with Crippen LogP contribution < -0.4 is 13.8 Å². The van der Waals surface area contributed by atoms with E-state index in [-0.39, 0.29) is 10.5 Å². The van der Waals surface area contributed by atoms with E-state index in [2.05, 4.69) is 0 Å². The van der Waals surface area contributed by atoms with Crippen molar-refractivity contribution in [3.05, 3.63) is 82.9 Å². The highest BCUT2D eigenvalue weighted by atomic mass is 35.5. The Morgan fingerprint density at radius 3 is 2.27 bits per heavy atom. The summed E-state index contributed by atoms with van der Waals surface area (Å²) in [5.74, 6) is 0.224. The molecule has 0 spiro atoms. The van der Waals surface area contributed by atoms with Gasteiger partial charge in [-0.1, -0.05) is 23.7 Å². The number of anilines is 1. The van der Waals surface area contributed by atoms with Gasteiger partial charge in [0.05, 0.1) is 23.3 Å². The van der Waals surface area contributed by atoms with Gasteiger partial charge in [0, 0.05) is 12.1 Å². The zero-order chi connectivity index (χ0) is 21.9. The van der Waals surface area contributed by atoms with Crippen molar-refractivity contribution < 1.29 is 22.7 Å². The van der Waals surface area contributed by atoms with Crippen LogP contribution in [0.2, 0.25) is 5.02 Å². The molecule has 0 atom stereocenters. The molecule has 0 amide bonds. The number of esters is 1. The lowest BCUT2D eigenvalue weighted by Gasteiger charge is -2.21. The van der Waals surface area contributed by atoms with Gasteiger partial charge in [-0.3, -0.25) is 4.31 Å². The van der Waals surface area contributed by atoms with Gasteiger partial charge in [0.15, 0.2) is 0 Å². The van der Waals surface area contributed by atoms with Gasteiger partial charge in [-0.05, 0) is 67.1 Å². The van der Waals surface area contributed by atoms with Crippen LogP contribution in [0, 0.1) is 6.92 Å². The van der Waals surface area contributed by atoms with Crippen molar-refractivity contribution in [1.82, 2.24) is 0 Å². The average Bonchev–Trinajstić information content (AvgIpc) is 2.75. The lowest BCUT2D eigenvalue weighted by atomic mass is 10.2. The molecule has 0 saturated carbocycles. The number of hydrogen-bond acceptors (Lipinski definition) is 5. The first-order valence-electron chi connectivity index (χ1n) is 8.94. The Bertz CT molecular complexity index is 1180. The smallest absolute Gasteiger partial charge is 0.343 e. The van der Waals surface area contributed by atoms with E-state index in [0.29, 0.717) is 27.8 Å². The molecule has 0 aliphatic carbocycles. The molecule has 0 aliphatic rings. The summed E-state index contributed by atoms with van der Waals surface area (Å²) in [4.78, 5) is 12.5. The SMILES string of the molecule is COc1ccccc1N(C)S(=O)(=O)c1ccc(C(=O)Oc2ccc(Cl)cc2C)cc1. The van der Waals surface area contributed by atoms with Gasteiger partial charge in [0.25, 0.3) is 10.0 Å². The quantitative estimate of drug-likeness (QED) is 0.406. The van der Waals surface area contributed by atoms with Gasteiger partial charge in [-0.25, -0.2) is 13.2 Å². The van der Waals surface area contributed by atoms with Gasteiger partial charge in [-0.15, -0.1) is 0 Å². The molecule has 30 heavy (non-hydrogen) atoms. The number of sulfonamides is 1. The molecule has 0 unspecified atom stereocenters. The summed E-state index contributed by atoms with van der Waals surface area (Å²) >= 11 is 5.91. The van der Waals surface area contributed by atoms with Gasteiger partial charge in [0.1, 0.15) is 11.5 Å². The maximum absolute atomic E-state index is 13.0. The third-order valence-corrected chi connectivity index (χ3v) is 6.53. The number of hydrogen-bond donors (Lipinski definition) is 0. The molecule has 0 saturated heterocycles. The number of methoxy groups -OCH3 is 1. The summed E-state index contributed by atoms with van der Waals surface area (Å²) in [5.41, 5.74) is 1.35. The standard InChI is InChI=1S/C22H20ClNO5S/c1-15-14-17(23)10-13-20(15)29-22(25)16-8-11-18(12-9-16)30(26,27)24(2)19-6-4-5-7-21(19)28-3/h4-14H,1-3H3. The molecule has 8 heteroatoms. The maximum atomic E-state index is 13.0. The van der Waals surface area contributed by atoms with Crippen molar-refractivity contribution in [3.63, 3.8) is 0 Å². The van der Waals surface area contributed by atoms with E-state index in [1.807, 2.05) is 0 Å². The van der Waals surface area contributed by atoms with Crippen LogP contribution in [0.3, 0.4) is 0 Å². The molecule has 3 aromatic rings. The summed E-state index contributed by atoms with van der Waals surface area (Å²) in [5, 5.41) is 0.543. The highest BCUT2D eigenvalue weighted by molar-refractivity contribution is 7.92. The second kappa shape index (κ2) is 8.77. The number of ether oxygens (including phenoxy) is 2. The van der Waals surface area contributed by atoms with E-state index in [9.17, 15) is 13.2 Å². The highest BCUT2D eigenvalue weighted by Crippen LogP contribution is 2.31. The number of aryl methyl sites for hydroxylation is 1. The molecule has 6 nitrogen and oxygen atoms in total. The minimum absolute atomic E-state index is 0.0372. The zero-order valence-corrected chi connectivity index (χ0v) is 18.2. The summed E-state index contributed by atoms with van der Waals surface area (Å²) in [6.07, 6.45) is 0. The van der Waals surface area contributed by atoms with E-state index >= 15 is 0 Å². The number of carbonyl (C=O) groups is 1. The zero-order valence-electron chi connectivity index (χ0n) is 16.6. The second-order valence-electron chi connectivity index (χ2n) is 6.47. The second-order valence-corrected chi connectivity index (χ2v) is 8.87. The number of nitrogens with zero attached hydrogens (tertiary/aromatic N) is 1. The summed E-state index contributed by atoms with van der Waals surface area (Å²) in [6.45, 7) is 1.78. The third kappa shape index (κ3) is 4.42. The van der Waals surface area contributed by atoms with Gasteiger partial charge in [0.2, 0.25) is 0 Å². The van der Waals surface area contributed by atoms with E-state index in [0.717, 1.165) is 4.31 Å². The molecule has 0 radical (unpaired) electrons. The lowest BCUT2D eigenvalue weighted by Crippen LogP contribution is -2.27. The molecule has 0 fully saturated rings. The monoisotopic (exact) mass is 445 g/mol. The van der Waals surface area contributed by atoms with Crippen molar-refractivity contribution in [2.75, 3.05) is 18.5 Å². The van der Waals surface area contributed by atoms with Crippen LogP contribution in [0.5, 0.6) is 11.5 Å². The Kier molecular flexibility index (Phi) is 6.34. The van der Waals surface area contributed by atoms with Crippen LogP contribution in [-0.4, -0.2) is 28.5 Å². The van der Waals surface area contributed by atoms with E-state index in [1.54, 1.807) is 49.4 Å². The van der Waals surface area contributed by atoms with Crippen LogP contribution in [0.4, 0.5) is 5.69 Å². The molecule has 0 aromatic heterocycles. The summed E-state index contributed by atoms with van der Waals surface area (Å²) in [7, 11) is -0.933. The van der Waals surface area contributed by atoms with E-state index < -0.39 is 16.0 Å². The molecule has 0 N–H and O–H groups in total. The summed E-state index contributed by atoms with van der Waals surface area (Å²) < 4.78 is 37.7. The largest absolute Gasteiger partial charge is 0.495 e. The number of benzene rings is 3. The molecule has 0 heterocycles. The van der Waals surface area contributed by atoms with Crippen LogP contribution in [0.25, 0.3) is 0 Å². The number of rotatable bonds is 6. The first-order valence-corrected chi connectivity index (χ1v) is 10.8. The van der Waals surface area contributed by atoms with Crippen LogP contribution in [0.1, 0.15) is 15.9 Å². The van der Waals surface area contributed by atoms with Gasteiger partial charge >= 0.3 is 5.97 Å². The van der Waals surface area contributed by atoms with Crippen molar-refractivity contribution in [3.8, 4) is 11.5 Å². The highest BCUT2D eigenvalue weighted by Gasteiger charge is 2.24. The van der Waals surface area contributed by atoms with Crippen LogP contribution in [0.15, 0.2) is 71.6 Å². The minimum Gasteiger partial charge on any atom is -0.495 e. The maximum Gasteiger partial charge on any atom is 0.343 e. The van der Waals surface area contributed by atoms with Crippen molar-refractivity contribution >= 4 is 33.3 Å². The van der Waals surface area contributed by atoms with E-state index in [4.69, 9.17) is 21.1 Å². The number of para-hydroxylation sites is 2. The fourth-order valence-electron chi connectivity index (χ4n) is 2.83. The molecular weight excluding hydrogens is 426 g/mol. The minimum atomic E-state index is -3.85. The number of carbonyl (C=O) groups excluding carboxylic acids is 1. The van der Waals surface area contributed by atoms with Crippen LogP contribution >= 0.6 is 11.6 Å². The lowest BCUT2D eigenvalue weighted by molar-refractivity contribution is 0.0733. The Morgan fingerprint density at radius 2 is 1.63 bits per heavy atom. The Labute approximate surface area is 180 Å². The Hall–Kier alpha value is -3.03. The molecular formula is C22H20ClNO5S. The Morgan fingerprint density at radius 1 is 0.967 bits per heavy atom. The Balaban J connectivity index is 1.82. The predicted octanol–water partition coefficient (Wildman–Crippen LogP) is 4.70. The predicted molar refractivity (Wildman–Crippen MR) is 116 cm³/mol. The molecule has 0 bridgehead atoms. The van der Waals surface area contributed by atoms with Crippen molar-refractivity contribution in [1.29, 1.82) is 0 Å². The van der Waals surface area contributed by atoms with Gasteiger partial charge < -0.3 is 9.47 Å². The van der Waals surface area contributed by atoms with E-state index in [1.165, 1.54) is 38.4 Å². The van der Waals surface area contributed by atoms with Crippen LogP contribution in [-0.2, 0) is 10.0 Å². The molecule has 3 aromatic carbocycles. The van der Waals surface area contributed by atoms with Crippen molar-refractivity contribution in [2.24, 2.45) is 0 Å². The molecule has 3 rings (SSSR count).